The van der Waals surface area contributed by atoms with Crippen molar-refractivity contribution in [2.75, 3.05) is 17.1 Å². The molecule has 2 aliphatic heterocycles. The molecule has 0 radical (unpaired) electrons. The first-order valence-corrected chi connectivity index (χ1v) is 12.5. The summed E-state index contributed by atoms with van der Waals surface area (Å²) in [5, 5.41) is 1.63. The van der Waals surface area contributed by atoms with Crippen LogP contribution in [0, 0.1) is 5.92 Å². The number of hydrogen-bond donors (Lipinski definition) is 0. The number of imide groups is 1. The Morgan fingerprint density at radius 1 is 0.718 bits per heavy atom. The van der Waals surface area contributed by atoms with E-state index in [2.05, 4.69) is 0 Å². The zero-order valence-corrected chi connectivity index (χ0v) is 21.0. The molecule has 4 aromatic carbocycles. The number of anilines is 2. The standard InChI is InChI=1S/C31H24N2O6/c1-37-24-18-14-22(15-19-24)32-29(34)26-27(33(39-28(26)30(32)35)23-10-6-3-7-11-23)20-12-16-25(17-13-20)38-31(36)21-8-4-2-5-9-21/h2-19,26-28H,1H3/t26-,27-,28-/m0/s1. The Kier molecular flexibility index (Phi) is 6.30. The number of benzene rings is 4. The highest BCUT2D eigenvalue weighted by atomic mass is 16.7. The summed E-state index contributed by atoms with van der Waals surface area (Å²) in [7, 11) is 1.55. The van der Waals surface area contributed by atoms with E-state index in [1.807, 2.05) is 36.4 Å². The average Bonchev–Trinajstić information content (AvgIpc) is 3.50. The predicted molar refractivity (Wildman–Crippen MR) is 143 cm³/mol. The minimum absolute atomic E-state index is 0.349. The van der Waals surface area contributed by atoms with E-state index in [9.17, 15) is 14.4 Å². The highest BCUT2D eigenvalue weighted by Gasteiger charge is 2.60. The van der Waals surface area contributed by atoms with Gasteiger partial charge in [0.15, 0.2) is 6.10 Å². The average molecular weight is 521 g/mol. The first-order chi connectivity index (χ1) is 19.0. The molecular weight excluding hydrogens is 496 g/mol. The Labute approximate surface area is 224 Å². The van der Waals surface area contributed by atoms with Crippen molar-refractivity contribution in [3.05, 3.63) is 120 Å². The number of carbonyl (C=O) groups is 3. The highest BCUT2D eigenvalue weighted by Crippen LogP contribution is 2.47. The number of para-hydroxylation sites is 1. The molecule has 8 heteroatoms. The van der Waals surface area contributed by atoms with E-state index in [4.69, 9.17) is 14.3 Å². The monoisotopic (exact) mass is 520 g/mol. The summed E-state index contributed by atoms with van der Waals surface area (Å²) in [5.41, 5.74) is 2.35. The van der Waals surface area contributed by atoms with Gasteiger partial charge in [0.05, 0.1) is 30.1 Å². The third-order valence-electron chi connectivity index (χ3n) is 6.90. The van der Waals surface area contributed by atoms with Gasteiger partial charge in [-0.15, -0.1) is 0 Å². The van der Waals surface area contributed by atoms with E-state index in [0.29, 0.717) is 28.4 Å². The number of fused-ring (bicyclic) bond motifs is 1. The SMILES string of the molecule is COc1ccc(N2C(=O)[C@@H]3[C@H](ON(c4ccccc4)[C@H]3c3ccc(OC(=O)c4ccccc4)cc3)C2=O)cc1. The zero-order valence-electron chi connectivity index (χ0n) is 21.0. The summed E-state index contributed by atoms with van der Waals surface area (Å²) >= 11 is 0. The molecule has 2 heterocycles. The molecule has 2 fully saturated rings. The van der Waals surface area contributed by atoms with Gasteiger partial charge in [-0.05, 0) is 66.2 Å². The number of hydrogen-bond acceptors (Lipinski definition) is 7. The number of esters is 1. The van der Waals surface area contributed by atoms with E-state index in [1.54, 1.807) is 85.0 Å². The second-order valence-electron chi connectivity index (χ2n) is 9.19. The van der Waals surface area contributed by atoms with Crippen LogP contribution in [0.3, 0.4) is 0 Å². The predicted octanol–water partition coefficient (Wildman–Crippen LogP) is 4.97. The van der Waals surface area contributed by atoms with Crippen molar-refractivity contribution in [2.24, 2.45) is 5.92 Å². The summed E-state index contributed by atoms with van der Waals surface area (Å²) < 4.78 is 10.7. The number of hydroxylamine groups is 1. The Morgan fingerprint density at radius 2 is 1.33 bits per heavy atom. The topological polar surface area (TPSA) is 85.4 Å². The first kappa shape index (κ1) is 24.4. The van der Waals surface area contributed by atoms with Gasteiger partial charge in [0, 0.05) is 0 Å². The van der Waals surface area contributed by atoms with Crippen LogP contribution in [0.25, 0.3) is 0 Å². The van der Waals surface area contributed by atoms with E-state index in [-0.39, 0.29) is 5.91 Å². The van der Waals surface area contributed by atoms with E-state index < -0.39 is 29.9 Å². The van der Waals surface area contributed by atoms with Crippen LogP contribution in [0.1, 0.15) is 22.0 Å². The molecule has 0 saturated carbocycles. The maximum atomic E-state index is 13.8. The second-order valence-corrected chi connectivity index (χ2v) is 9.19. The lowest BCUT2D eigenvalue weighted by atomic mass is 9.90. The van der Waals surface area contributed by atoms with Gasteiger partial charge in [-0.2, -0.15) is 0 Å². The molecule has 0 aromatic heterocycles. The van der Waals surface area contributed by atoms with Gasteiger partial charge in [-0.3, -0.25) is 14.4 Å². The number of nitrogens with zero attached hydrogens (tertiary/aromatic N) is 2. The van der Waals surface area contributed by atoms with E-state index in [0.717, 1.165) is 5.56 Å². The van der Waals surface area contributed by atoms with Crippen molar-refractivity contribution in [1.29, 1.82) is 0 Å². The minimum Gasteiger partial charge on any atom is -0.497 e. The number of rotatable bonds is 6. The largest absolute Gasteiger partial charge is 0.497 e. The van der Waals surface area contributed by atoms with Gasteiger partial charge in [0.25, 0.3) is 5.91 Å². The van der Waals surface area contributed by atoms with Crippen LogP contribution in [-0.2, 0) is 14.4 Å². The molecule has 194 valence electrons. The summed E-state index contributed by atoms with van der Waals surface area (Å²) in [5.74, 6) is -1.04. The molecule has 4 aromatic rings. The Bertz CT molecular complexity index is 1510. The second kappa shape index (κ2) is 10.1. The smallest absolute Gasteiger partial charge is 0.343 e. The molecule has 8 nitrogen and oxygen atoms in total. The molecule has 2 saturated heterocycles. The molecule has 39 heavy (non-hydrogen) atoms. The molecule has 3 atom stereocenters. The van der Waals surface area contributed by atoms with Crippen LogP contribution in [0.5, 0.6) is 11.5 Å². The summed E-state index contributed by atoms with van der Waals surface area (Å²) in [6, 6.07) is 31.2. The van der Waals surface area contributed by atoms with Gasteiger partial charge in [-0.1, -0.05) is 48.5 Å². The number of amides is 2. The minimum atomic E-state index is -0.986. The number of methoxy groups -OCH3 is 1. The van der Waals surface area contributed by atoms with Gasteiger partial charge in [-0.25, -0.2) is 14.8 Å². The Morgan fingerprint density at radius 3 is 1.97 bits per heavy atom. The molecule has 2 amide bonds. The van der Waals surface area contributed by atoms with Gasteiger partial charge < -0.3 is 9.47 Å². The van der Waals surface area contributed by atoms with E-state index >= 15 is 0 Å². The van der Waals surface area contributed by atoms with Crippen molar-refractivity contribution >= 4 is 29.2 Å². The molecular formula is C31H24N2O6. The quantitative estimate of drug-likeness (QED) is 0.202. The molecule has 0 unspecified atom stereocenters. The highest BCUT2D eigenvalue weighted by molar-refractivity contribution is 6.24. The fraction of sp³-hybridized carbons (Fsp3) is 0.129. The summed E-state index contributed by atoms with van der Waals surface area (Å²) in [6.07, 6.45) is -0.986. The number of carbonyl (C=O) groups excluding carboxylic acids is 3. The molecule has 6 rings (SSSR count). The number of ether oxygens (including phenoxy) is 2. The van der Waals surface area contributed by atoms with Crippen molar-refractivity contribution < 1.29 is 28.7 Å². The lowest BCUT2D eigenvalue weighted by Crippen LogP contribution is -2.37. The third kappa shape index (κ3) is 4.41. The van der Waals surface area contributed by atoms with Crippen molar-refractivity contribution in [3.63, 3.8) is 0 Å². The van der Waals surface area contributed by atoms with Crippen molar-refractivity contribution in [3.8, 4) is 11.5 Å². The van der Waals surface area contributed by atoms with Crippen molar-refractivity contribution in [2.45, 2.75) is 12.1 Å². The Balaban J connectivity index is 1.32. The molecule has 0 spiro atoms. The summed E-state index contributed by atoms with van der Waals surface area (Å²) in [6.45, 7) is 0. The normalized spacial score (nSPS) is 20.2. The lowest BCUT2D eigenvalue weighted by molar-refractivity contribution is -0.126. The van der Waals surface area contributed by atoms with Gasteiger partial charge >= 0.3 is 5.97 Å². The zero-order chi connectivity index (χ0) is 26.9. The molecule has 0 N–H and O–H groups in total. The van der Waals surface area contributed by atoms with E-state index in [1.165, 1.54) is 4.90 Å². The van der Waals surface area contributed by atoms with Crippen LogP contribution >= 0.6 is 0 Å². The fourth-order valence-electron chi connectivity index (χ4n) is 5.01. The molecule has 2 aliphatic rings. The van der Waals surface area contributed by atoms with Crippen molar-refractivity contribution in [1.82, 2.24) is 0 Å². The molecule has 0 bridgehead atoms. The maximum absolute atomic E-state index is 13.8. The fourth-order valence-corrected chi connectivity index (χ4v) is 5.01. The van der Waals surface area contributed by atoms with Crippen LogP contribution in [-0.4, -0.2) is 31.0 Å². The maximum Gasteiger partial charge on any atom is 0.343 e. The Hall–Kier alpha value is -4.95. The van der Waals surface area contributed by atoms with Crippen LogP contribution < -0.4 is 19.4 Å². The van der Waals surface area contributed by atoms with Crippen LogP contribution in [0.4, 0.5) is 11.4 Å². The summed E-state index contributed by atoms with van der Waals surface area (Å²) in [4.78, 5) is 47.1. The van der Waals surface area contributed by atoms with Crippen LogP contribution in [0.2, 0.25) is 0 Å². The van der Waals surface area contributed by atoms with Gasteiger partial charge in [0.2, 0.25) is 5.91 Å². The lowest BCUT2D eigenvalue weighted by Gasteiger charge is -2.28. The third-order valence-corrected chi connectivity index (χ3v) is 6.90. The van der Waals surface area contributed by atoms with Gasteiger partial charge in [0.1, 0.15) is 17.4 Å². The van der Waals surface area contributed by atoms with Crippen LogP contribution in [0.15, 0.2) is 109 Å². The first-order valence-electron chi connectivity index (χ1n) is 12.5. The molecule has 0 aliphatic carbocycles.